The number of amides is 1. The average molecular weight is 497 g/mol. The molecule has 1 aliphatic rings. The minimum Gasteiger partial charge on any atom is -0.507 e. The number of Topliss-reactive ketones (excluding diaryl/α,β-unsaturated/α-hetero) is 1. The quantitative estimate of drug-likeness (QED) is 0.287. The Kier molecular flexibility index (Phi) is 8.63. The zero-order chi connectivity index (χ0) is 26.6. The number of phenols is 1. The van der Waals surface area contributed by atoms with Crippen LogP contribution in [0.15, 0.2) is 42.0 Å². The van der Waals surface area contributed by atoms with Crippen molar-refractivity contribution in [2.24, 2.45) is 0 Å². The number of phenolic OH excluding ortho intramolecular Hbond substituents is 1. The van der Waals surface area contributed by atoms with Gasteiger partial charge in [0, 0.05) is 12.1 Å². The van der Waals surface area contributed by atoms with Gasteiger partial charge in [-0.25, -0.2) is 0 Å². The molecule has 0 saturated carbocycles. The number of carbonyl (C=O) groups is 2. The summed E-state index contributed by atoms with van der Waals surface area (Å²) < 4.78 is 10.9. The third-order valence-corrected chi connectivity index (χ3v) is 6.27. The molecule has 0 aromatic heterocycles. The van der Waals surface area contributed by atoms with Crippen molar-refractivity contribution in [3.8, 4) is 17.2 Å². The molecule has 1 atom stereocenters. The van der Waals surface area contributed by atoms with E-state index in [9.17, 15) is 19.8 Å². The molecule has 1 saturated heterocycles. The summed E-state index contributed by atoms with van der Waals surface area (Å²) in [6, 6.07) is 9.16. The molecule has 194 valence electrons. The Labute approximate surface area is 212 Å². The molecule has 1 fully saturated rings. The number of nitrogens with zero attached hydrogens (tertiary/aromatic N) is 2. The molecule has 8 nitrogen and oxygen atoms in total. The number of hydrogen-bond acceptors (Lipinski definition) is 7. The number of rotatable bonds is 10. The fraction of sp³-hybridized carbons (Fsp3) is 0.429. The molecular formula is C28H36N2O6. The van der Waals surface area contributed by atoms with Crippen LogP contribution in [0.3, 0.4) is 0 Å². The van der Waals surface area contributed by atoms with Gasteiger partial charge in [0.25, 0.3) is 11.7 Å². The fourth-order valence-corrected chi connectivity index (χ4v) is 4.48. The van der Waals surface area contributed by atoms with E-state index in [1.54, 1.807) is 30.3 Å². The summed E-state index contributed by atoms with van der Waals surface area (Å²) in [5, 5.41) is 21.8. The van der Waals surface area contributed by atoms with Gasteiger partial charge in [0.2, 0.25) is 0 Å². The number of aliphatic hydroxyl groups is 1. The van der Waals surface area contributed by atoms with Gasteiger partial charge < -0.3 is 29.5 Å². The highest BCUT2D eigenvalue weighted by Gasteiger charge is 2.46. The number of ether oxygens (including phenoxy) is 2. The summed E-state index contributed by atoms with van der Waals surface area (Å²) in [5.74, 6) is -0.697. The Morgan fingerprint density at radius 1 is 1.11 bits per heavy atom. The van der Waals surface area contributed by atoms with Gasteiger partial charge in [0.05, 0.1) is 25.3 Å². The molecule has 1 heterocycles. The van der Waals surface area contributed by atoms with Crippen LogP contribution in [0, 0.1) is 0 Å². The normalized spacial score (nSPS) is 17.3. The van der Waals surface area contributed by atoms with Gasteiger partial charge in [0.15, 0.2) is 11.5 Å². The lowest BCUT2D eigenvalue weighted by Crippen LogP contribution is -2.32. The first-order valence-electron chi connectivity index (χ1n) is 12.2. The lowest BCUT2D eigenvalue weighted by atomic mass is 9.93. The van der Waals surface area contributed by atoms with Crippen LogP contribution in [-0.2, 0) is 9.59 Å². The van der Waals surface area contributed by atoms with Gasteiger partial charge in [-0.2, -0.15) is 0 Å². The van der Waals surface area contributed by atoms with Gasteiger partial charge in [-0.05, 0) is 81.4 Å². The highest BCUT2D eigenvalue weighted by atomic mass is 16.5. The average Bonchev–Trinajstić information content (AvgIpc) is 3.08. The van der Waals surface area contributed by atoms with Crippen LogP contribution in [0.4, 0.5) is 0 Å². The zero-order valence-electron chi connectivity index (χ0n) is 21.9. The largest absolute Gasteiger partial charge is 0.507 e. The molecule has 8 heteroatoms. The Hall–Kier alpha value is -3.52. The minimum atomic E-state index is -0.849. The second-order valence-corrected chi connectivity index (χ2v) is 9.42. The molecule has 3 rings (SSSR count). The summed E-state index contributed by atoms with van der Waals surface area (Å²) in [6.45, 7) is 7.48. The van der Waals surface area contributed by atoms with E-state index in [1.165, 1.54) is 18.1 Å². The number of carbonyl (C=O) groups excluding carboxylic acids is 2. The second kappa shape index (κ2) is 11.5. The van der Waals surface area contributed by atoms with Crippen molar-refractivity contribution >= 4 is 17.4 Å². The molecule has 0 aliphatic carbocycles. The van der Waals surface area contributed by atoms with Crippen LogP contribution in [-0.4, -0.2) is 72.6 Å². The predicted octanol–water partition coefficient (Wildman–Crippen LogP) is 4.30. The maximum Gasteiger partial charge on any atom is 0.295 e. The topological polar surface area (TPSA) is 99.5 Å². The zero-order valence-corrected chi connectivity index (χ0v) is 21.9. The van der Waals surface area contributed by atoms with Crippen LogP contribution in [0.2, 0.25) is 0 Å². The van der Waals surface area contributed by atoms with E-state index in [4.69, 9.17) is 9.47 Å². The number of aliphatic hydroxyl groups excluding tert-OH is 1. The van der Waals surface area contributed by atoms with E-state index in [2.05, 4.69) is 0 Å². The molecule has 2 N–H and O–H groups in total. The molecule has 0 spiro atoms. The van der Waals surface area contributed by atoms with E-state index in [1.807, 2.05) is 39.8 Å². The number of benzene rings is 2. The lowest BCUT2D eigenvalue weighted by Gasteiger charge is -2.26. The van der Waals surface area contributed by atoms with E-state index in [0.29, 0.717) is 36.4 Å². The van der Waals surface area contributed by atoms with Gasteiger partial charge in [0.1, 0.15) is 11.5 Å². The van der Waals surface area contributed by atoms with Crippen molar-refractivity contribution in [3.63, 3.8) is 0 Å². The first-order valence-corrected chi connectivity index (χ1v) is 12.2. The standard InChI is InChI=1S/C28H36N2O6/c1-7-36-22-11-10-19(15-20(22)17(2)3)26(32)24-25(18-9-12-23(35-6)21(31)16-18)30(28(34)27(24)33)14-8-13-29(4)5/h9-12,15-17,25,31-32H,7-8,13-14H2,1-6H3/b26-24-. The predicted molar refractivity (Wildman–Crippen MR) is 139 cm³/mol. The number of likely N-dealkylation sites (tertiary alicyclic amines) is 1. The van der Waals surface area contributed by atoms with E-state index < -0.39 is 17.7 Å². The first-order chi connectivity index (χ1) is 17.1. The Balaban J connectivity index is 2.16. The van der Waals surface area contributed by atoms with Crippen molar-refractivity contribution in [2.45, 2.75) is 39.2 Å². The number of hydrogen-bond donors (Lipinski definition) is 2. The Morgan fingerprint density at radius 3 is 2.39 bits per heavy atom. The highest BCUT2D eigenvalue weighted by Crippen LogP contribution is 2.42. The number of methoxy groups -OCH3 is 1. The SMILES string of the molecule is CCOc1ccc(/C(O)=C2/C(=O)C(=O)N(CCCN(C)C)C2c2ccc(OC)c(O)c2)cc1C(C)C. The lowest BCUT2D eigenvalue weighted by molar-refractivity contribution is -0.139. The van der Waals surface area contributed by atoms with Crippen molar-refractivity contribution < 1.29 is 29.3 Å². The summed E-state index contributed by atoms with van der Waals surface area (Å²) in [5.41, 5.74) is 1.82. The van der Waals surface area contributed by atoms with Gasteiger partial charge in [-0.3, -0.25) is 9.59 Å². The van der Waals surface area contributed by atoms with Crippen molar-refractivity contribution in [3.05, 3.63) is 58.7 Å². The number of ketones is 1. The van der Waals surface area contributed by atoms with E-state index >= 15 is 0 Å². The third-order valence-electron chi connectivity index (χ3n) is 6.27. The third kappa shape index (κ3) is 5.49. The molecule has 2 aromatic rings. The molecule has 2 aromatic carbocycles. The molecule has 0 bridgehead atoms. The van der Waals surface area contributed by atoms with Crippen LogP contribution in [0.25, 0.3) is 5.76 Å². The van der Waals surface area contributed by atoms with Crippen LogP contribution >= 0.6 is 0 Å². The van der Waals surface area contributed by atoms with Crippen molar-refractivity contribution in [1.29, 1.82) is 0 Å². The molecule has 1 amide bonds. The molecular weight excluding hydrogens is 460 g/mol. The monoisotopic (exact) mass is 496 g/mol. The molecule has 1 aliphatic heterocycles. The van der Waals surface area contributed by atoms with E-state index in [-0.39, 0.29) is 28.7 Å². The Morgan fingerprint density at radius 2 is 1.81 bits per heavy atom. The van der Waals surface area contributed by atoms with E-state index in [0.717, 1.165) is 12.1 Å². The van der Waals surface area contributed by atoms with Crippen LogP contribution in [0.5, 0.6) is 17.2 Å². The summed E-state index contributed by atoms with van der Waals surface area (Å²) in [4.78, 5) is 29.9. The maximum atomic E-state index is 13.3. The van der Waals surface area contributed by atoms with Crippen molar-refractivity contribution in [1.82, 2.24) is 9.80 Å². The summed E-state index contributed by atoms with van der Waals surface area (Å²) in [6.07, 6.45) is 0.638. The fourth-order valence-electron chi connectivity index (χ4n) is 4.48. The summed E-state index contributed by atoms with van der Waals surface area (Å²) >= 11 is 0. The maximum absolute atomic E-state index is 13.3. The van der Waals surface area contributed by atoms with Crippen LogP contribution in [0.1, 0.15) is 55.8 Å². The van der Waals surface area contributed by atoms with Crippen LogP contribution < -0.4 is 9.47 Å². The van der Waals surface area contributed by atoms with Gasteiger partial charge in [-0.15, -0.1) is 0 Å². The molecule has 0 radical (unpaired) electrons. The molecule has 36 heavy (non-hydrogen) atoms. The smallest absolute Gasteiger partial charge is 0.295 e. The highest BCUT2D eigenvalue weighted by molar-refractivity contribution is 6.46. The molecule has 1 unspecified atom stereocenters. The summed E-state index contributed by atoms with van der Waals surface area (Å²) in [7, 11) is 5.32. The van der Waals surface area contributed by atoms with Gasteiger partial charge >= 0.3 is 0 Å². The minimum absolute atomic E-state index is 0.00622. The Bertz CT molecular complexity index is 1150. The second-order valence-electron chi connectivity index (χ2n) is 9.42. The van der Waals surface area contributed by atoms with Gasteiger partial charge in [-0.1, -0.05) is 19.9 Å². The number of aromatic hydroxyl groups is 1. The first kappa shape index (κ1) is 27.1. The van der Waals surface area contributed by atoms with Crippen molar-refractivity contribution in [2.75, 3.05) is 40.9 Å².